The van der Waals surface area contributed by atoms with Gasteiger partial charge in [0.2, 0.25) is 0 Å². The third-order valence-corrected chi connectivity index (χ3v) is 2.78. The van der Waals surface area contributed by atoms with E-state index in [0.717, 1.165) is 11.3 Å². The topological polar surface area (TPSA) is 48.7 Å². The molecule has 0 saturated heterocycles. The highest BCUT2D eigenvalue weighted by Gasteiger charge is 2.03. The van der Waals surface area contributed by atoms with Crippen molar-refractivity contribution in [2.45, 2.75) is 6.54 Å². The zero-order valence-electron chi connectivity index (χ0n) is 9.32. The third-order valence-electron chi connectivity index (χ3n) is 2.34. The Morgan fingerprint density at radius 2 is 1.94 bits per heavy atom. The van der Waals surface area contributed by atoms with Crippen molar-refractivity contribution < 1.29 is 0 Å². The van der Waals surface area contributed by atoms with Crippen molar-refractivity contribution in [2.75, 3.05) is 5.32 Å². The standard InChI is InChI=1S/C13H9Cl2N3/c14-10-4-11(15)6-12(5-10)18-8-9-2-1-3-17-13(9)7-16/h1-6,18H,8H2. The van der Waals surface area contributed by atoms with Gasteiger partial charge in [-0.05, 0) is 24.3 Å². The van der Waals surface area contributed by atoms with E-state index >= 15 is 0 Å². The number of nitriles is 1. The SMILES string of the molecule is N#Cc1ncccc1CNc1cc(Cl)cc(Cl)c1. The Kier molecular flexibility index (Phi) is 4.03. The fraction of sp³-hybridized carbons (Fsp3) is 0.0769. The van der Waals surface area contributed by atoms with Crippen molar-refractivity contribution in [3.8, 4) is 6.07 Å². The van der Waals surface area contributed by atoms with E-state index in [2.05, 4.69) is 16.4 Å². The van der Waals surface area contributed by atoms with Gasteiger partial charge in [0, 0.05) is 34.0 Å². The van der Waals surface area contributed by atoms with Crippen LogP contribution in [-0.2, 0) is 6.54 Å². The molecule has 0 amide bonds. The van der Waals surface area contributed by atoms with Crippen molar-refractivity contribution in [2.24, 2.45) is 0 Å². The number of halogens is 2. The predicted molar refractivity (Wildman–Crippen MR) is 72.7 cm³/mol. The van der Waals surface area contributed by atoms with Crippen LogP contribution in [0.15, 0.2) is 36.5 Å². The summed E-state index contributed by atoms with van der Waals surface area (Å²) in [5, 5.41) is 13.2. The van der Waals surface area contributed by atoms with Gasteiger partial charge in [-0.2, -0.15) is 5.26 Å². The average molecular weight is 278 g/mol. The Labute approximate surface area is 115 Å². The minimum Gasteiger partial charge on any atom is -0.381 e. The van der Waals surface area contributed by atoms with Crippen molar-refractivity contribution >= 4 is 28.9 Å². The molecule has 0 saturated carbocycles. The summed E-state index contributed by atoms with van der Waals surface area (Å²) in [6.45, 7) is 0.493. The molecule has 3 nitrogen and oxygen atoms in total. The van der Waals surface area contributed by atoms with Crippen molar-refractivity contribution in [1.82, 2.24) is 4.98 Å². The van der Waals surface area contributed by atoms with Crippen LogP contribution in [0.5, 0.6) is 0 Å². The van der Waals surface area contributed by atoms with Gasteiger partial charge in [0.05, 0.1) is 0 Å². The van der Waals surface area contributed by atoms with Crippen molar-refractivity contribution in [1.29, 1.82) is 5.26 Å². The maximum Gasteiger partial charge on any atom is 0.145 e. The van der Waals surface area contributed by atoms with E-state index in [0.29, 0.717) is 22.3 Å². The molecular weight excluding hydrogens is 269 g/mol. The molecule has 90 valence electrons. The molecule has 1 N–H and O–H groups in total. The molecule has 0 fully saturated rings. The van der Waals surface area contributed by atoms with Crippen LogP contribution in [0.1, 0.15) is 11.3 Å². The molecule has 2 rings (SSSR count). The maximum atomic E-state index is 8.92. The predicted octanol–water partition coefficient (Wildman–Crippen LogP) is 3.87. The van der Waals surface area contributed by atoms with Crippen LogP contribution >= 0.6 is 23.2 Å². The maximum absolute atomic E-state index is 8.92. The number of benzene rings is 1. The van der Waals surface area contributed by atoms with Gasteiger partial charge >= 0.3 is 0 Å². The highest BCUT2D eigenvalue weighted by molar-refractivity contribution is 6.35. The van der Waals surface area contributed by atoms with Crippen LogP contribution in [0.4, 0.5) is 5.69 Å². The highest BCUT2D eigenvalue weighted by Crippen LogP contribution is 2.23. The Morgan fingerprint density at radius 1 is 1.22 bits per heavy atom. The summed E-state index contributed by atoms with van der Waals surface area (Å²) in [6.07, 6.45) is 1.60. The molecule has 0 atom stereocenters. The summed E-state index contributed by atoms with van der Waals surface area (Å²) >= 11 is 11.8. The summed E-state index contributed by atoms with van der Waals surface area (Å²) in [5.41, 5.74) is 2.05. The number of hydrogen-bond acceptors (Lipinski definition) is 3. The highest BCUT2D eigenvalue weighted by atomic mass is 35.5. The third kappa shape index (κ3) is 3.13. The molecule has 5 heteroatoms. The lowest BCUT2D eigenvalue weighted by Crippen LogP contribution is -2.02. The van der Waals surface area contributed by atoms with Gasteiger partial charge in [-0.15, -0.1) is 0 Å². The van der Waals surface area contributed by atoms with Crippen LogP contribution in [-0.4, -0.2) is 4.98 Å². The lowest BCUT2D eigenvalue weighted by molar-refractivity contribution is 1.09. The van der Waals surface area contributed by atoms with E-state index < -0.39 is 0 Å². The summed E-state index contributed by atoms with van der Waals surface area (Å²) in [7, 11) is 0. The second-order valence-electron chi connectivity index (χ2n) is 3.63. The van der Waals surface area contributed by atoms with Crippen molar-refractivity contribution in [3.05, 3.63) is 57.8 Å². The van der Waals surface area contributed by atoms with E-state index in [9.17, 15) is 0 Å². The normalized spacial score (nSPS) is 9.83. The van der Waals surface area contributed by atoms with Crippen LogP contribution < -0.4 is 5.32 Å². The number of hydrogen-bond donors (Lipinski definition) is 1. The molecule has 0 spiro atoms. The minimum atomic E-state index is 0.415. The first-order valence-corrected chi connectivity index (χ1v) is 5.98. The minimum absolute atomic E-state index is 0.415. The number of nitrogens with zero attached hydrogens (tertiary/aromatic N) is 2. The average Bonchev–Trinajstić information content (AvgIpc) is 2.35. The first kappa shape index (κ1) is 12.7. The number of rotatable bonds is 3. The van der Waals surface area contributed by atoms with Crippen LogP contribution in [0.25, 0.3) is 0 Å². The Balaban J connectivity index is 2.14. The van der Waals surface area contributed by atoms with Gasteiger partial charge in [0.1, 0.15) is 11.8 Å². The zero-order chi connectivity index (χ0) is 13.0. The Morgan fingerprint density at radius 3 is 2.61 bits per heavy atom. The molecule has 0 bridgehead atoms. The summed E-state index contributed by atoms with van der Waals surface area (Å²) in [5.74, 6) is 0. The van der Waals surface area contributed by atoms with Gasteiger partial charge in [-0.3, -0.25) is 0 Å². The lowest BCUT2D eigenvalue weighted by atomic mass is 10.2. The second-order valence-corrected chi connectivity index (χ2v) is 4.51. The number of nitrogens with one attached hydrogen (secondary N) is 1. The Bertz CT molecular complexity index is 585. The molecule has 0 aliphatic rings. The number of anilines is 1. The monoisotopic (exact) mass is 277 g/mol. The van der Waals surface area contributed by atoms with E-state index in [4.69, 9.17) is 28.5 Å². The molecule has 0 radical (unpaired) electrons. The molecule has 18 heavy (non-hydrogen) atoms. The molecule has 0 unspecified atom stereocenters. The number of aromatic nitrogens is 1. The number of pyridine rings is 1. The van der Waals surface area contributed by atoms with Crippen LogP contribution in [0.3, 0.4) is 0 Å². The van der Waals surface area contributed by atoms with Crippen LogP contribution in [0.2, 0.25) is 10.0 Å². The van der Waals surface area contributed by atoms with E-state index in [1.807, 2.05) is 6.07 Å². The first-order chi connectivity index (χ1) is 8.69. The molecule has 0 aliphatic heterocycles. The van der Waals surface area contributed by atoms with Gasteiger partial charge in [-0.1, -0.05) is 29.3 Å². The molecule has 1 aromatic heterocycles. The summed E-state index contributed by atoms with van der Waals surface area (Å²) in [6, 6.07) is 10.9. The van der Waals surface area contributed by atoms with Gasteiger partial charge in [-0.25, -0.2) is 4.98 Å². The molecule has 1 heterocycles. The summed E-state index contributed by atoms with van der Waals surface area (Å²) in [4.78, 5) is 3.99. The Hall–Kier alpha value is -1.76. The fourth-order valence-electron chi connectivity index (χ4n) is 1.54. The van der Waals surface area contributed by atoms with Gasteiger partial charge < -0.3 is 5.32 Å². The first-order valence-electron chi connectivity index (χ1n) is 5.23. The quantitative estimate of drug-likeness (QED) is 0.927. The van der Waals surface area contributed by atoms with E-state index in [1.165, 1.54) is 0 Å². The molecular formula is C13H9Cl2N3. The fourth-order valence-corrected chi connectivity index (χ4v) is 2.06. The smallest absolute Gasteiger partial charge is 0.145 e. The van der Waals surface area contributed by atoms with E-state index in [-0.39, 0.29) is 0 Å². The molecule has 0 aliphatic carbocycles. The summed E-state index contributed by atoms with van der Waals surface area (Å²) < 4.78 is 0. The van der Waals surface area contributed by atoms with Crippen LogP contribution in [0, 0.1) is 11.3 Å². The molecule has 2 aromatic rings. The molecule has 1 aromatic carbocycles. The van der Waals surface area contributed by atoms with Crippen molar-refractivity contribution in [3.63, 3.8) is 0 Å². The second kappa shape index (κ2) is 5.72. The zero-order valence-corrected chi connectivity index (χ0v) is 10.8. The largest absolute Gasteiger partial charge is 0.381 e. The van der Waals surface area contributed by atoms with Gasteiger partial charge in [0.25, 0.3) is 0 Å². The van der Waals surface area contributed by atoms with E-state index in [1.54, 1.807) is 30.5 Å². The lowest BCUT2D eigenvalue weighted by Gasteiger charge is -2.08. The van der Waals surface area contributed by atoms with Gasteiger partial charge in [0.15, 0.2) is 0 Å².